The van der Waals surface area contributed by atoms with Crippen LogP contribution >= 0.6 is 0 Å². The lowest BCUT2D eigenvalue weighted by Crippen LogP contribution is -2.41. The van der Waals surface area contributed by atoms with Gasteiger partial charge >= 0.3 is 6.03 Å². The van der Waals surface area contributed by atoms with E-state index in [9.17, 15) is 14.4 Å². The largest absolute Gasteiger partial charge is 0.359 e. The lowest BCUT2D eigenvalue weighted by atomic mass is 9.90. The van der Waals surface area contributed by atoms with Crippen LogP contribution in [0.4, 0.5) is 4.79 Å². The Morgan fingerprint density at radius 3 is 2.40 bits per heavy atom. The van der Waals surface area contributed by atoms with E-state index in [1.165, 1.54) is 0 Å². The summed E-state index contributed by atoms with van der Waals surface area (Å²) >= 11 is 0. The van der Waals surface area contributed by atoms with Crippen molar-refractivity contribution in [2.24, 2.45) is 0 Å². The van der Waals surface area contributed by atoms with Crippen LogP contribution in [-0.4, -0.2) is 34.2 Å². The second-order valence-corrected chi connectivity index (χ2v) is 6.73. The first-order chi connectivity index (χ1) is 11.8. The number of aromatic amines is 1. The highest BCUT2D eigenvalue weighted by molar-refractivity contribution is 6.10. The van der Waals surface area contributed by atoms with Crippen LogP contribution in [0.5, 0.6) is 0 Å². The van der Waals surface area contributed by atoms with Crippen molar-refractivity contribution in [3.8, 4) is 0 Å². The molecule has 1 aromatic carbocycles. The van der Waals surface area contributed by atoms with E-state index < -0.39 is 17.5 Å². The van der Waals surface area contributed by atoms with Gasteiger partial charge in [0.15, 0.2) is 5.78 Å². The molecule has 3 rings (SSSR count). The number of amides is 3. The minimum atomic E-state index is -1.16. The van der Waals surface area contributed by atoms with Crippen LogP contribution in [0.2, 0.25) is 0 Å². The number of rotatable bonds is 5. The fourth-order valence-electron chi connectivity index (χ4n) is 2.97. The molecule has 1 atom stereocenters. The zero-order valence-corrected chi connectivity index (χ0v) is 14.5. The Balaban J connectivity index is 1.83. The number of carbonyl (C=O) groups excluding carboxylic acids is 3. The van der Waals surface area contributed by atoms with Gasteiger partial charge in [0, 0.05) is 6.20 Å². The van der Waals surface area contributed by atoms with Gasteiger partial charge in [-0.1, -0.05) is 38.1 Å². The molecular weight excluding hydrogens is 318 g/mol. The SMILES string of the molecule is CC(C)c1ccc([C@]2(C)NC(=O)N(CC(=O)c3ccc[nH]3)C2=O)cc1. The van der Waals surface area contributed by atoms with Crippen molar-refractivity contribution in [2.75, 3.05) is 6.54 Å². The van der Waals surface area contributed by atoms with Gasteiger partial charge in [-0.25, -0.2) is 4.79 Å². The summed E-state index contributed by atoms with van der Waals surface area (Å²) in [5.74, 6) is -0.353. The number of Topliss-reactive ketones (excluding diaryl/α,β-unsaturated/α-hetero) is 1. The van der Waals surface area contributed by atoms with E-state index in [4.69, 9.17) is 0 Å². The van der Waals surface area contributed by atoms with Gasteiger partial charge in [-0.05, 0) is 36.1 Å². The van der Waals surface area contributed by atoms with Gasteiger partial charge in [-0.2, -0.15) is 0 Å². The monoisotopic (exact) mass is 339 g/mol. The molecule has 3 amide bonds. The average Bonchev–Trinajstić information content (AvgIpc) is 3.19. The first kappa shape index (κ1) is 17.0. The second kappa shape index (κ2) is 6.20. The van der Waals surface area contributed by atoms with Crippen molar-refractivity contribution in [1.29, 1.82) is 0 Å². The Bertz CT molecular complexity index is 809. The minimum Gasteiger partial charge on any atom is -0.359 e. The van der Waals surface area contributed by atoms with E-state index in [0.717, 1.165) is 10.5 Å². The van der Waals surface area contributed by atoms with Crippen molar-refractivity contribution in [3.05, 3.63) is 59.4 Å². The number of ketones is 1. The molecule has 1 saturated heterocycles. The lowest BCUT2D eigenvalue weighted by molar-refractivity contribution is -0.130. The van der Waals surface area contributed by atoms with E-state index >= 15 is 0 Å². The molecule has 2 N–H and O–H groups in total. The number of nitrogens with one attached hydrogen (secondary N) is 2. The molecule has 2 heterocycles. The van der Waals surface area contributed by atoms with E-state index in [0.29, 0.717) is 17.2 Å². The second-order valence-electron chi connectivity index (χ2n) is 6.73. The molecule has 1 aliphatic rings. The maximum absolute atomic E-state index is 12.8. The number of imide groups is 1. The normalized spacial score (nSPS) is 20.2. The summed E-state index contributed by atoms with van der Waals surface area (Å²) in [7, 11) is 0. The third kappa shape index (κ3) is 2.95. The third-order valence-electron chi connectivity index (χ3n) is 4.63. The molecule has 6 nitrogen and oxygen atoms in total. The molecule has 0 saturated carbocycles. The summed E-state index contributed by atoms with van der Waals surface area (Å²) in [6.07, 6.45) is 1.62. The summed E-state index contributed by atoms with van der Waals surface area (Å²) in [6, 6.07) is 10.4. The number of nitrogens with zero attached hydrogens (tertiary/aromatic N) is 1. The molecule has 1 fully saturated rings. The Morgan fingerprint density at radius 1 is 1.16 bits per heavy atom. The number of benzene rings is 1. The third-order valence-corrected chi connectivity index (χ3v) is 4.63. The molecule has 0 aliphatic carbocycles. The Morgan fingerprint density at radius 2 is 1.84 bits per heavy atom. The Labute approximate surface area is 146 Å². The Hall–Kier alpha value is -2.89. The van der Waals surface area contributed by atoms with Gasteiger partial charge in [0.2, 0.25) is 0 Å². The van der Waals surface area contributed by atoms with Crippen LogP contribution < -0.4 is 5.32 Å². The van der Waals surface area contributed by atoms with Gasteiger partial charge < -0.3 is 10.3 Å². The highest BCUT2D eigenvalue weighted by Gasteiger charge is 2.49. The fraction of sp³-hybridized carbons (Fsp3) is 0.316. The van der Waals surface area contributed by atoms with E-state index in [2.05, 4.69) is 24.1 Å². The van der Waals surface area contributed by atoms with Crippen molar-refractivity contribution < 1.29 is 14.4 Å². The number of H-pyrrole nitrogens is 1. The van der Waals surface area contributed by atoms with Crippen molar-refractivity contribution in [1.82, 2.24) is 15.2 Å². The molecule has 1 aliphatic heterocycles. The summed E-state index contributed by atoms with van der Waals surface area (Å²) in [4.78, 5) is 41.1. The topological polar surface area (TPSA) is 82.3 Å². The molecule has 25 heavy (non-hydrogen) atoms. The first-order valence-corrected chi connectivity index (χ1v) is 8.24. The molecule has 6 heteroatoms. The Kier molecular flexibility index (Phi) is 4.20. The zero-order chi connectivity index (χ0) is 18.2. The summed E-state index contributed by atoms with van der Waals surface area (Å²) < 4.78 is 0. The maximum Gasteiger partial charge on any atom is 0.325 e. The summed E-state index contributed by atoms with van der Waals surface area (Å²) in [6.45, 7) is 5.56. The maximum atomic E-state index is 12.8. The highest BCUT2D eigenvalue weighted by Crippen LogP contribution is 2.30. The number of urea groups is 1. The van der Waals surface area contributed by atoms with Crippen LogP contribution in [0.25, 0.3) is 0 Å². The molecular formula is C19H21N3O3. The van der Waals surface area contributed by atoms with Crippen molar-refractivity contribution in [2.45, 2.75) is 32.2 Å². The fourth-order valence-corrected chi connectivity index (χ4v) is 2.97. The number of aromatic nitrogens is 1. The van der Waals surface area contributed by atoms with Crippen LogP contribution in [0, 0.1) is 0 Å². The van der Waals surface area contributed by atoms with Crippen LogP contribution in [0.15, 0.2) is 42.6 Å². The lowest BCUT2D eigenvalue weighted by Gasteiger charge is -2.22. The van der Waals surface area contributed by atoms with Crippen LogP contribution in [-0.2, 0) is 10.3 Å². The standard InChI is InChI=1S/C19H21N3O3/c1-12(2)13-6-8-14(9-7-13)19(3)17(24)22(18(25)21-19)11-16(23)15-5-4-10-20-15/h4-10,12,20H,11H2,1-3H3,(H,21,25)/t19-/m0/s1. The quantitative estimate of drug-likeness (QED) is 0.649. The highest BCUT2D eigenvalue weighted by atomic mass is 16.2. The molecule has 2 aromatic rings. The molecule has 130 valence electrons. The summed E-state index contributed by atoms with van der Waals surface area (Å²) in [5, 5.41) is 2.72. The van der Waals surface area contributed by atoms with Gasteiger partial charge in [0.1, 0.15) is 5.54 Å². The van der Waals surface area contributed by atoms with E-state index in [1.54, 1.807) is 25.3 Å². The van der Waals surface area contributed by atoms with Gasteiger partial charge in [0.25, 0.3) is 5.91 Å². The van der Waals surface area contributed by atoms with Crippen molar-refractivity contribution in [3.63, 3.8) is 0 Å². The number of carbonyl (C=O) groups is 3. The van der Waals surface area contributed by atoms with Gasteiger partial charge in [-0.3, -0.25) is 14.5 Å². The molecule has 0 spiro atoms. The van der Waals surface area contributed by atoms with Gasteiger partial charge in [0.05, 0.1) is 12.2 Å². The van der Waals surface area contributed by atoms with E-state index in [1.807, 2.05) is 24.3 Å². The zero-order valence-electron chi connectivity index (χ0n) is 14.5. The van der Waals surface area contributed by atoms with Crippen LogP contribution in [0.3, 0.4) is 0 Å². The average molecular weight is 339 g/mol. The predicted molar refractivity (Wildman–Crippen MR) is 93.3 cm³/mol. The first-order valence-electron chi connectivity index (χ1n) is 8.24. The van der Waals surface area contributed by atoms with E-state index in [-0.39, 0.29) is 12.3 Å². The van der Waals surface area contributed by atoms with Gasteiger partial charge in [-0.15, -0.1) is 0 Å². The summed E-state index contributed by atoms with van der Waals surface area (Å²) in [5.41, 5.74) is 1.06. The molecule has 0 unspecified atom stereocenters. The van der Waals surface area contributed by atoms with Crippen molar-refractivity contribution >= 4 is 17.7 Å². The molecule has 0 radical (unpaired) electrons. The van der Waals surface area contributed by atoms with Crippen LogP contribution in [0.1, 0.15) is 48.3 Å². The number of hydrogen-bond acceptors (Lipinski definition) is 3. The molecule has 0 bridgehead atoms. The number of hydrogen-bond donors (Lipinski definition) is 2. The molecule has 1 aromatic heterocycles. The minimum absolute atomic E-state index is 0.287. The smallest absolute Gasteiger partial charge is 0.325 e. The predicted octanol–water partition coefficient (Wildman–Crippen LogP) is 2.79.